The quantitative estimate of drug-likeness (QED) is 0.697. The molecular weight excluding hydrogens is 387 g/mol. The third-order valence-corrected chi connectivity index (χ3v) is 3.07. The predicted octanol–water partition coefficient (Wildman–Crippen LogP) is 4.49. The summed E-state index contributed by atoms with van der Waals surface area (Å²) in [5, 5.41) is 0. The normalized spacial score (nSPS) is 21.8. The van der Waals surface area contributed by atoms with Crippen molar-refractivity contribution in [2.24, 2.45) is 5.92 Å². The van der Waals surface area contributed by atoms with E-state index < -0.39 is 47.8 Å². The molecule has 0 aromatic carbocycles. The highest BCUT2D eigenvalue weighted by Gasteiger charge is 2.86. The van der Waals surface area contributed by atoms with Crippen LogP contribution in [0.3, 0.4) is 0 Å². The molecule has 0 amide bonds. The molecule has 0 spiro atoms. The number of ether oxygens (including phenoxy) is 2. The third-order valence-electron chi connectivity index (χ3n) is 3.07. The fraction of sp³-hybridized carbons (Fsp3) is 0.545. The molecule has 0 fully saturated rings. The van der Waals surface area contributed by atoms with Crippen molar-refractivity contribution in [2.75, 3.05) is 0 Å². The second-order valence-corrected chi connectivity index (χ2v) is 4.77. The summed E-state index contributed by atoms with van der Waals surface area (Å²) in [5.74, 6) is -20.1. The van der Waals surface area contributed by atoms with E-state index >= 15 is 0 Å². The fourth-order valence-electron chi connectivity index (χ4n) is 2.10. The summed E-state index contributed by atoms with van der Waals surface area (Å²) in [6, 6.07) is 1.35. The largest absolute Gasteiger partial charge is 0.461 e. The van der Waals surface area contributed by atoms with Gasteiger partial charge < -0.3 is 9.47 Å². The van der Waals surface area contributed by atoms with Gasteiger partial charge in [-0.25, -0.2) is 4.98 Å². The van der Waals surface area contributed by atoms with Gasteiger partial charge in [0.25, 0.3) is 5.88 Å². The number of rotatable bonds is 2. The SMILES string of the molecule is FC(F)(F)C(C(F)(F)F)C1(C(F)(F)C(F)(F)F)Oc2cccnc2O1. The van der Waals surface area contributed by atoms with E-state index in [1.165, 1.54) is 0 Å². The molecule has 14 heteroatoms. The zero-order valence-electron chi connectivity index (χ0n) is 11.2. The molecule has 142 valence electrons. The van der Waals surface area contributed by atoms with Crippen LogP contribution in [0.25, 0.3) is 0 Å². The molecule has 3 nitrogen and oxygen atoms in total. The Morgan fingerprint density at radius 3 is 1.76 bits per heavy atom. The van der Waals surface area contributed by atoms with Crippen LogP contribution < -0.4 is 9.47 Å². The number of pyridine rings is 1. The van der Waals surface area contributed by atoms with Crippen LogP contribution in [0.4, 0.5) is 48.3 Å². The van der Waals surface area contributed by atoms with Crippen molar-refractivity contribution in [2.45, 2.75) is 30.2 Å². The Morgan fingerprint density at radius 2 is 1.36 bits per heavy atom. The summed E-state index contributed by atoms with van der Waals surface area (Å²) >= 11 is 0. The number of fused-ring (bicyclic) bond motifs is 1. The van der Waals surface area contributed by atoms with Crippen LogP contribution in [-0.2, 0) is 0 Å². The van der Waals surface area contributed by atoms with Gasteiger partial charge in [-0.3, -0.25) is 0 Å². The Labute approximate surface area is 130 Å². The average molecular weight is 391 g/mol. The van der Waals surface area contributed by atoms with Crippen molar-refractivity contribution >= 4 is 0 Å². The highest BCUT2D eigenvalue weighted by Crippen LogP contribution is 2.60. The molecule has 1 aromatic rings. The van der Waals surface area contributed by atoms with Gasteiger partial charge in [0.15, 0.2) is 5.75 Å². The average Bonchev–Trinajstić information content (AvgIpc) is 2.73. The highest BCUT2D eigenvalue weighted by molar-refractivity contribution is 5.38. The molecule has 0 bridgehead atoms. The molecule has 2 rings (SSSR count). The lowest BCUT2D eigenvalue weighted by molar-refractivity contribution is -0.434. The van der Waals surface area contributed by atoms with Gasteiger partial charge in [0, 0.05) is 6.20 Å². The van der Waals surface area contributed by atoms with Gasteiger partial charge in [0.2, 0.25) is 5.92 Å². The monoisotopic (exact) mass is 391 g/mol. The molecule has 1 atom stereocenters. The Bertz CT molecular complexity index is 610. The van der Waals surface area contributed by atoms with Crippen molar-refractivity contribution in [1.29, 1.82) is 0 Å². The van der Waals surface area contributed by atoms with E-state index in [2.05, 4.69) is 14.5 Å². The molecule has 25 heavy (non-hydrogen) atoms. The van der Waals surface area contributed by atoms with Crippen LogP contribution in [0.2, 0.25) is 0 Å². The van der Waals surface area contributed by atoms with Gasteiger partial charge in [-0.1, -0.05) is 0 Å². The molecule has 1 unspecified atom stereocenters. The van der Waals surface area contributed by atoms with Gasteiger partial charge in [-0.15, -0.1) is 0 Å². The summed E-state index contributed by atoms with van der Waals surface area (Å²) in [7, 11) is 0. The molecule has 0 N–H and O–H groups in total. The van der Waals surface area contributed by atoms with Crippen LogP contribution in [0, 0.1) is 5.92 Å². The van der Waals surface area contributed by atoms with Crippen molar-refractivity contribution < 1.29 is 57.8 Å². The van der Waals surface area contributed by atoms with E-state index in [1.54, 1.807) is 0 Å². The van der Waals surface area contributed by atoms with Gasteiger partial charge in [-0.05, 0) is 12.1 Å². The fourth-order valence-corrected chi connectivity index (χ4v) is 2.10. The Balaban J connectivity index is 2.76. The van der Waals surface area contributed by atoms with Crippen molar-refractivity contribution in [3.8, 4) is 11.6 Å². The van der Waals surface area contributed by atoms with Gasteiger partial charge in [-0.2, -0.15) is 48.3 Å². The molecular formula is C11H4F11NO2. The van der Waals surface area contributed by atoms with Crippen LogP contribution in [-0.4, -0.2) is 35.2 Å². The lowest BCUT2D eigenvalue weighted by Gasteiger charge is -2.41. The Morgan fingerprint density at radius 1 is 0.840 bits per heavy atom. The smallest absolute Gasteiger partial charge is 0.440 e. The van der Waals surface area contributed by atoms with Crippen molar-refractivity contribution in [1.82, 2.24) is 4.98 Å². The maximum absolute atomic E-state index is 13.8. The first-order valence-electron chi connectivity index (χ1n) is 5.95. The molecule has 1 aliphatic rings. The van der Waals surface area contributed by atoms with Crippen LogP contribution in [0.5, 0.6) is 11.6 Å². The van der Waals surface area contributed by atoms with E-state index in [0.29, 0.717) is 12.3 Å². The minimum atomic E-state index is -6.86. The number of hydrogen-bond acceptors (Lipinski definition) is 3. The first-order valence-corrected chi connectivity index (χ1v) is 5.95. The Hall–Kier alpha value is -2.02. The lowest BCUT2D eigenvalue weighted by Crippen LogP contribution is -2.71. The number of alkyl halides is 11. The summed E-state index contributed by atoms with van der Waals surface area (Å²) in [6.45, 7) is 0. The number of halogens is 11. The molecule has 1 aromatic heterocycles. The van der Waals surface area contributed by atoms with E-state index in [1.807, 2.05) is 0 Å². The maximum Gasteiger partial charge on any atom is 0.461 e. The minimum absolute atomic E-state index is 0.528. The molecule has 2 heterocycles. The van der Waals surface area contributed by atoms with E-state index in [0.717, 1.165) is 6.07 Å². The van der Waals surface area contributed by atoms with Gasteiger partial charge in [0.05, 0.1) is 0 Å². The standard InChI is InChI=1S/C11H4F11NO2/c12-8(13,14)6(9(15,16)17)7(10(18,19)11(20,21)22)24-4-2-1-3-23-5(4)25-7/h1-3,6H. The van der Waals surface area contributed by atoms with Crippen molar-refractivity contribution in [3.05, 3.63) is 18.3 Å². The first-order chi connectivity index (χ1) is 11.0. The molecule has 0 radical (unpaired) electrons. The van der Waals surface area contributed by atoms with Crippen LogP contribution >= 0.6 is 0 Å². The lowest BCUT2D eigenvalue weighted by atomic mass is 9.90. The molecule has 0 saturated heterocycles. The summed E-state index contributed by atoms with van der Waals surface area (Å²) in [5.41, 5.74) is 0. The molecule has 1 aliphatic heterocycles. The van der Waals surface area contributed by atoms with Gasteiger partial charge >= 0.3 is 30.2 Å². The Kier molecular flexibility index (Phi) is 4.04. The summed E-state index contributed by atoms with van der Waals surface area (Å²) < 4.78 is 150. The summed E-state index contributed by atoms with van der Waals surface area (Å²) in [4.78, 5) is 3.01. The van der Waals surface area contributed by atoms with E-state index in [9.17, 15) is 48.3 Å². The second-order valence-electron chi connectivity index (χ2n) is 4.77. The zero-order chi connectivity index (χ0) is 19.5. The summed E-state index contributed by atoms with van der Waals surface area (Å²) in [6.07, 6.45) is -19.4. The maximum atomic E-state index is 13.8. The van der Waals surface area contributed by atoms with E-state index in [-0.39, 0.29) is 0 Å². The van der Waals surface area contributed by atoms with Crippen LogP contribution in [0.15, 0.2) is 18.3 Å². The number of hydrogen-bond donors (Lipinski definition) is 0. The predicted molar refractivity (Wildman–Crippen MR) is 54.8 cm³/mol. The zero-order valence-corrected chi connectivity index (χ0v) is 11.2. The van der Waals surface area contributed by atoms with Gasteiger partial charge in [0.1, 0.15) is 0 Å². The topological polar surface area (TPSA) is 31.4 Å². The number of aromatic nitrogens is 1. The van der Waals surface area contributed by atoms with Crippen molar-refractivity contribution in [3.63, 3.8) is 0 Å². The second kappa shape index (κ2) is 5.24. The molecule has 0 aliphatic carbocycles. The van der Waals surface area contributed by atoms with E-state index in [4.69, 9.17) is 0 Å². The molecule has 0 saturated carbocycles. The number of nitrogens with zero attached hydrogens (tertiary/aromatic N) is 1. The minimum Gasteiger partial charge on any atom is -0.440 e. The first kappa shape index (κ1) is 19.3. The third kappa shape index (κ3) is 2.90. The van der Waals surface area contributed by atoms with Crippen LogP contribution in [0.1, 0.15) is 0 Å². The highest BCUT2D eigenvalue weighted by atomic mass is 19.4.